The average Bonchev–Trinajstić information content (AvgIpc) is 2.47. The number of thioether (sulfide) groups is 1. The fourth-order valence-electron chi connectivity index (χ4n) is 1.73. The summed E-state index contributed by atoms with van der Waals surface area (Å²) >= 11 is 6.45. The maximum Gasteiger partial charge on any atom is 0.319 e. The first kappa shape index (κ1) is 18.4. The van der Waals surface area contributed by atoms with E-state index < -0.39 is 5.25 Å². The van der Waals surface area contributed by atoms with E-state index in [-0.39, 0.29) is 11.9 Å². The molecule has 0 fully saturated rings. The van der Waals surface area contributed by atoms with Crippen LogP contribution in [0.25, 0.3) is 0 Å². The van der Waals surface area contributed by atoms with E-state index in [9.17, 15) is 9.59 Å². The highest BCUT2D eigenvalue weighted by molar-refractivity contribution is 8.23. The molecule has 0 aliphatic rings. The first-order valence-corrected chi connectivity index (χ1v) is 8.13. The molecule has 1 amide bonds. The number of benzene rings is 1. The summed E-state index contributed by atoms with van der Waals surface area (Å²) in [5, 5.41) is 2.55. The number of nitrogens with zero attached hydrogens (tertiary/aromatic N) is 2. The van der Waals surface area contributed by atoms with Crippen molar-refractivity contribution in [3.8, 4) is 0 Å². The van der Waals surface area contributed by atoms with Crippen LogP contribution >= 0.6 is 24.0 Å². The number of carbonyl (C=O) groups is 2. The van der Waals surface area contributed by atoms with E-state index >= 15 is 0 Å². The molecular weight excluding hydrogens is 320 g/mol. The zero-order valence-corrected chi connectivity index (χ0v) is 14.7. The zero-order valence-electron chi connectivity index (χ0n) is 13.1. The molecule has 120 valence electrons. The minimum atomic E-state index is -0.474. The second-order valence-corrected chi connectivity index (χ2v) is 6.44. The van der Waals surface area contributed by atoms with E-state index in [0.717, 1.165) is 17.4 Å². The number of ether oxygens (including phenoxy) is 1. The van der Waals surface area contributed by atoms with Crippen molar-refractivity contribution in [3.63, 3.8) is 0 Å². The number of esters is 1. The van der Waals surface area contributed by atoms with Gasteiger partial charge in [-0.1, -0.05) is 42.2 Å². The second kappa shape index (κ2) is 8.75. The zero-order chi connectivity index (χ0) is 16.7. The molecule has 0 saturated carbocycles. The number of thiocarbonyl (C=S) groups is 1. The van der Waals surface area contributed by atoms with E-state index in [4.69, 9.17) is 17.0 Å². The number of hydrogen-bond acceptors (Lipinski definition) is 6. The third-order valence-electron chi connectivity index (χ3n) is 2.80. The van der Waals surface area contributed by atoms with E-state index in [2.05, 4.69) is 0 Å². The predicted octanol–water partition coefficient (Wildman–Crippen LogP) is 2.86. The molecule has 0 N–H and O–H groups in total. The Kier molecular flexibility index (Phi) is 7.34. The van der Waals surface area contributed by atoms with Gasteiger partial charge in [-0.05, 0) is 26.0 Å². The summed E-state index contributed by atoms with van der Waals surface area (Å²) in [4.78, 5) is 23.6. The molecule has 1 rings (SSSR count). The van der Waals surface area contributed by atoms with Crippen molar-refractivity contribution in [1.29, 1.82) is 0 Å². The van der Waals surface area contributed by atoms with Crippen molar-refractivity contribution in [2.75, 3.05) is 18.7 Å². The molecular formula is C15H20N2O3S2. The van der Waals surface area contributed by atoms with Crippen molar-refractivity contribution in [1.82, 2.24) is 5.01 Å². The van der Waals surface area contributed by atoms with Crippen LogP contribution in [0.3, 0.4) is 0 Å². The van der Waals surface area contributed by atoms with Gasteiger partial charge < -0.3 is 4.74 Å². The first-order valence-electron chi connectivity index (χ1n) is 6.85. The molecule has 1 atom stereocenters. The minimum absolute atomic E-state index is 0.222. The van der Waals surface area contributed by atoms with Gasteiger partial charge in [-0.15, -0.1) is 0 Å². The lowest BCUT2D eigenvalue weighted by molar-refractivity contribution is -0.142. The monoisotopic (exact) mass is 340 g/mol. The van der Waals surface area contributed by atoms with Crippen LogP contribution in [-0.4, -0.2) is 40.1 Å². The number of hydrogen-bond donors (Lipinski definition) is 0. The number of carbonyl (C=O) groups excluding carboxylic acids is 2. The Balaban J connectivity index is 2.85. The van der Waals surface area contributed by atoms with Crippen LogP contribution < -0.4 is 5.01 Å². The van der Waals surface area contributed by atoms with Crippen molar-refractivity contribution in [2.24, 2.45) is 0 Å². The Morgan fingerprint density at radius 1 is 1.32 bits per heavy atom. The smallest absolute Gasteiger partial charge is 0.319 e. The second-order valence-electron chi connectivity index (χ2n) is 4.47. The van der Waals surface area contributed by atoms with Crippen molar-refractivity contribution in [3.05, 3.63) is 30.3 Å². The molecule has 0 aliphatic heterocycles. The van der Waals surface area contributed by atoms with Gasteiger partial charge in [0.25, 0.3) is 0 Å². The molecule has 0 spiro atoms. The van der Waals surface area contributed by atoms with Crippen LogP contribution in [0.5, 0.6) is 0 Å². The Labute approximate surface area is 140 Å². The average molecular weight is 340 g/mol. The van der Waals surface area contributed by atoms with Crippen LogP contribution in [0, 0.1) is 0 Å². The van der Waals surface area contributed by atoms with Gasteiger partial charge in [-0.2, -0.15) is 0 Å². The highest BCUT2D eigenvalue weighted by Crippen LogP contribution is 2.22. The Morgan fingerprint density at radius 2 is 1.91 bits per heavy atom. The number of hydrazine groups is 1. The lowest BCUT2D eigenvalue weighted by Crippen LogP contribution is -2.46. The molecule has 22 heavy (non-hydrogen) atoms. The van der Waals surface area contributed by atoms with Gasteiger partial charge in [-0.25, -0.2) is 5.01 Å². The maximum absolute atomic E-state index is 11.9. The van der Waals surface area contributed by atoms with Crippen LogP contribution in [0.2, 0.25) is 0 Å². The van der Waals surface area contributed by atoms with Gasteiger partial charge in [0, 0.05) is 14.0 Å². The van der Waals surface area contributed by atoms with Crippen molar-refractivity contribution >= 4 is 45.9 Å². The Hall–Kier alpha value is -1.60. The maximum atomic E-state index is 11.9. The molecule has 0 bridgehead atoms. The lowest BCUT2D eigenvalue weighted by atomic mass is 10.3. The summed E-state index contributed by atoms with van der Waals surface area (Å²) in [5.74, 6) is -0.569. The largest absolute Gasteiger partial charge is 0.465 e. The van der Waals surface area contributed by atoms with Crippen LogP contribution in [-0.2, 0) is 14.3 Å². The van der Waals surface area contributed by atoms with Crippen LogP contribution in [0.1, 0.15) is 20.8 Å². The highest BCUT2D eigenvalue weighted by atomic mass is 32.2. The molecule has 0 heterocycles. The third kappa shape index (κ3) is 4.99. The molecule has 7 heteroatoms. The molecule has 0 radical (unpaired) electrons. The SMILES string of the molecule is CCOC(=O)C(C)SC(=S)N(C(C)=O)N(C)c1ccccc1. The summed E-state index contributed by atoms with van der Waals surface area (Å²) in [7, 11) is 1.75. The van der Waals surface area contributed by atoms with Gasteiger partial charge >= 0.3 is 5.97 Å². The van der Waals surface area contributed by atoms with E-state index in [0.29, 0.717) is 10.9 Å². The number of anilines is 1. The van der Waals surface area contributed by atoms with E-state index in [1.54, 1.807) is 25.9 Å². The first-order chi connectivity index (χ1) is 10.4. The summed E-state index contributed by atoms with van der Waals surface area (Å²) < 4.78 is 5.26. The molecule has 5 nitrogen and oxygen atoms in total. The van der Waals surface area contributed by atoms with Crippen molar-refractivity contribution in [2.45, 2.75) is 26.0 Å². The van der Waals surface area contributed by atoms with Gasteiger partial charge in [0.05, 0.1) is 12.3 Å². The third-order valence-corrected chi connectivity index (χ3v) is 4.18. The van der Waals surface area contributed by atoms with E-state index in [1.807, 2.05) is 30.3 Å². The van der Waals surface area contributed by atoms with E-state index in [1.165, 1.54) is 11.9 Å². The fraction of sp³-hybridized carbons (Fsp3) is 0.400. The van der Waals surface area contributed by atoms with Gasteiger partial charge in [-0.3, -0.25) is 14.6 Å². The standard InChI is InChI=1S/C15H20N2O3S2/c1-5-20-14(19)11(2)22-15(21)17(12(3)18)16(4)13-9-7-6-8-10-13/h6-11H,5H2,1-4H3. The lowest BCUT2D eigenvalue weighted by Gasteiger charge is -2.32. The summed E-state index contributed by atoms with van der Waals surface area (Å²) in [6.07, 6.45) is 0. The molecule has 1 aromatic rings. The molecule has 1 unspecified atom stereocenters. The topological polar surface area (TPSA) is 49.9 Å². The fourth-order valence-corrected chi connectivity index (χ4v) is 3.23. The van der Waals surface area contributed by atoms with Crippen molar-refractivity contribution < 1.29 is 14.3 Å². The summed E-state index contributed by atoms with van der Waals surface area (Å²) in [5.41, 5.74) is 0.824. The number of rotatable bonds is 5. The normalized spacial score (nSPS) is 11.5. The highest BCUT2D eigenvalue weighted by Gasteiger charge is 2.25. The minimum Gasteiger partial charge on any atom is -0.465 e. The Morgan fingerprint density at radius 3 is 2.41 bits per heavy atom. The summed E-state index contributed by atoms with van der Waals surface area (Å²) in [6.45, 7) is 5.20. The molecule has 0 aliphatic carbocycles. The predicted molar refractivity (Wildman–Crippen MR) is 93.6 cm³/mol. The number of para-hydroxylation sites is 1. The molecule has 1 aromatic carbocycles. The van der Waals surface area contributed by atoms with Crippen LogP contribution in [0.4, 0.5) is 5.69 Å². The molecule has 0 saturated heterocycles. The van der Waals surface area contributed by atoms with Gasteiger partial charge in [0.2, 0.25) is 5.91 Å². The number of amides is 1. The Bertz CT molecular complexity index is 537. The van der Waals surface area contributed by atoms with Gasteiger partial charge in [0.15, 0.2) is 4.32 Å². The summed E-state index contributed by atoms with van der Waals surface area (Å²) in [6, 6.07) is 9.39. The quantitative estimate of drug-likeness (QED) is 0.467. The van der Waals surface area contributed by atoms with Gasteiger partial charge in [0.1, 0.15) is 5.25 Å². The van der Waals surface area contributed by atoms with Crippen LogP contribution in [0.15, 0.2) is 30.3 Å². The molecule has 0 aromatic heterocycles.